The zero-order valence-corrected chi connectivity index (χ0v) is 14.9. The summed E-state index contributed by atoms with van der Waals surface area (Å²) in [5.74, 6) is 0.792. The highest BCUT2D eigenvalue weighted by molar-refractivity contribution is 7.11. The summed E-state index contributed by atoms with van der Waals surface area (Å²) in [5, 5.41) is 15.7. The van der Waals surface area contributed by atoms with Gasteiger partial charge in [-0.25, -0.2) is 4.98 Å². The van der Waals surface area contributed by atoms with Crippen LogP contribution in [0.5, 0.6) is 5.75 Å². The molecule has 0 aliphatic carbocycles. The van der Waals surface area contributed by atoms with Gasteiger partial charge in [-0.15, -0.1) is 11.3 Å². The van der Waals surface area contributed by atoms with Crippen LogP contribution in [0.2, 0.25) is 5.02 Å². The molecule has 0 spiro atoms. The lowest BCUT2D eigenvalue weighted by Gasteiger charge is -2.03. The van der Waals surface area contributed by atoms with Gasteiger partial charge in [0.05, 0.1) is 23.5 Å². The molecule has 0 fully saturated rings. The number of para-hydroxylation sites is 1. The molecule has 1 N–H and O–H groups in total. The van der Waals surface area contributed by atoms with Crippen LogP contribution in [0.1, 0.15) is 5.01 Å². The third-order valence-corrected chi connectivity index (χ3v) is 4.69. The highest BCUT2D eigenvalue weighted by Gasteiger charge is 2.09. The number of nitriles is 1. The lowest BCUT2D eigenvalue weighted by Crippen LogP contribution is -1.91. The molecule has 2 aromatic carbocycles. The van der Waals surface area contributed by atoms with E-state index in [1.165, 1.54) is 11.3 Å². The van der Waals surface area contributed by atoms with Gasteiger partial charge in [0, 0.05) is 17.1 Å². The first-order valence-electron chi connectivity index (χ1n) is 7.43. The Kier molecular flexibility index (Phi) is 5.34. The van der Waals surface area contributed by atoms with E-state index in [4.69, 9.17) is 16.3 Å². The van der Waals surface area contributed by atoms with Gasteiger partial charge in [0.25, 0.3) is 0 Å². The van der Waals surface area contributed by atoms with Crippen molar-refractivity contribution < 1.29 is 4.74 Å². The fraction of sp³-hybridized carbons (Fsp3) is 0.0526. The zero-order chi connectivity index (χ0) is 17.6. The number of benzene rings is 2. The Bertz CT molecular complexity index is 942. The average Bonchev–Trinajstić information content (AvgIpc) is 3.14. The first-order chi connectivity index (χ1) is 12.2. The third-order valence-electron chi connectivity index (χ3n) is 3.49. The van der Waals surface area contributed by atoms with Crippen LogP contribution >= 0.6 is 22.9 Å². The first-order valence-corrected chi connectivity index (χ1v) is 8.68. The predicted octanol–water partition coefficient (Wildman–Crippen LogP) is 5.45. The van der Waals surface area contributed by atoms with E-state index in [2.05, 4.69) is 16.4 Å². The number of rotatable bonds is 5. The molecule has 0 amide bonds. The summed E-state index contributed by atoms with van der Waals surface area (Å²) in [6.45, 7) is 0. The lowest BCUT2D eigenvalue weighted by molar-refractivity contribution is 0.415. The van der Waals surface area contributed by atoms with E-state index in [-0.39, 0.29) is 0 Å². The molecule has 0 bridgehead atoms. The molecular formula is C19H14ClN3OS. The fourth-order valence-corrected chi connectivity index (χ4v) is 3.15. The minimum absolute atomic E-state index is 0.449. The molecule has 3 rings (SSSR count). The molecule has 0 aliphatic rings. The monoisotopic (exact) mass is 367 g/mol. The molecule has 0 aliphatic heterocycles. The second kappa shape index (κ2) is 7.84. The van der Waals surface area contributed by atoms with E-state index in [1.807, 2.05) is 47.8 Å². The molecular weight excluding hydrogens is 354 g/mol. The van der Waals surface area contributed by atoms with Gasteiger partial charge in [-0.05, 0) is 36.4 Å². The number of nitrogens with zero attached hydrogens (tertiary/aromatic N) is 2. The van der Waals surface area contributed by atoms with Gasteiger partial charge in [-0.3, -0.25) is 0 Å². The molecule has 25 heavy (non-hydrogen) atoms. The molecule has 124 valence electrons. The van der Waals surface area contributed by atoms with Gasteiger partial charge in [0.2, 0.25) is 0 Å². The Morgan fingerprint density at radius 2 is 2.00 bits per heavy atom. The molecule has 0 saturated heterocycles. The number of aromatic nitrogens is 1. The third kappa shape index (κ3) is 4.00. The Morgan fingerprint density at radius 3 is 2.68 bits per heavy atom. The van der Waals surface area contributed by atoms with Crippen LogP contribution in [0.4, 0.5) is 5.69 Å². The molecule has 4 nitrogen and oxygen atoms in total. The van der Waals surface area contributed by atoms with E-state index in [0.717, 1.165) is 22.7 Å². The lowest BCUT2D eigenvalue weighted by atomic mass is 10.2. The van der Waals surface area contributed by atoms with Crippen LogP contribution in [-0.4, -0.2) is 12.1 Å². The normalized spacial score (nSPS) is 11.0. The number of anilines is 1. The van der Waals surface area contributed by atoms with Gasteiger partial charge in [-0.1, -0.05) is 23.7 Å². The van der Waals surface area contributed by atoms with Crippen LogP contribution < -0.4 is 10.1 Å². The van der Waals surface area contributed by atoms with Crippen molar-refractivity contribution in [1.82, 2.24) is 4.98 Å². The summed E-state index contributed by atoms with van der Waals surface area (Å²) in [7, 11) is 1.63. The summed E-state index contributed by atoms with van der Waals surface area (Å²) >= 11 is 7.53. The summed E-state index contributed by atoms with van der Waals surface area (Å²) in [4.78, 5) is 4.56. The zero-order valence-electron chi connectivity index (χ0n) is 13.4. The number of hydrogen-bond acceptors (Lipinski definition) is 5. The van der Waals surface area contributed by atoms with Crippen LogP contribution in [0.25, 0.3) is 16.8 Å². The van der Waals surface area contributed by atoms with Crippen molar-refractivity contribution in [3.63, 3.8) is 0 Å². The Balaban J connectivity index is 1.82. The largest absolute Gasteiger partial charge is 0.497 e. The molecule has 0 radical (unpaired) electrons. The minimum Gasteiger partial charge on any atom is -0.497 e. The minimum atomic E-state index is 0.449. The van der Waals surface area contributed by atoms with Crippen LogP contribution in [0.3, 0.4) is 0 Å². The molecule has 6 heteroatoms. The van der Waals surface area contributed by atoms with E-state index >= 15 is 0 Å². The number of nitrogens with one attached hydrogen (secondary N) is 1. The van der Waals surface area contributed by atoms with Gasteiger partial charge in [0.1, 0.15) is 22.4 Å². The van der Waals surface area contributed by atoms with E-state index in [0.29, 0.717) is 15.6 Å². The number of thiazole rings is 1. The Labute approximate surface area is 155 Å². The summed E-state index contributed by atoms with van der Waals surface area (Å²) in [6, 6.07) is 17.2. The second-order valence-electron chi connectivity index (χ2n) is 5.06. The SMILES string of the molecule is COc1ccc(-c2csc(/C(C#N)=C\Nc3ccccc3Cl)n2)cc1. The molecule has 0 saturated carbocycles. The van der Waals surface area contributed by atoms with Crippen molar-refractivity contribution in [1.29, 1.82) is 5.26 Å². The Morgan fingerprint density at radius 1 is 1.24 bits per heavy atom. The Hall–Kier alpha value is -2.81. The van der Waals surface area contributed by atoms with E-state index < -0.39 is 0 Å². The van der Waals surface area contributed by atoms with Crippen molar-refractivity contribution in [3.8, 4) is 23.1 Å². The van der Waals surface area contributed by atoms with Gasteiger partial charge in [-0.2, -0.15) is 5.26 Å². The summed E-state index contributed by atoms with van der Waals surface area (Å²) in [6.07, 6.45) is 1.62. The van der Waals surface area contributed by atoms with Crippen molar-refractivity contribution in [2.24, 2.45) is 0 Å². The van der Waals surface area contributed by atoms with Gasteiger partial charge < -0.3 is 10.1 Å². The van der Waals surface area contributed by atoms with Crippen molar-refractivity contribution in [3.05, 3.63) is 70.1 Å². The molecule has 1 aromatic heterocycles. The van der Waals surface area contributed by atoms with Gasteiger partial charge in [0.15, 0.2) is 0 Å². The predicted molar refractivity (Wildman–Crippen MR) is 103 cm³/mol. The first kappa shape index (κ1) is 17.0. The maximum absolute atomic E-state index is 9.43. The van der Waals surface area contributed by atoms with Crippen LogP contribution in [0.15, 0.2) is 60.1 Å². The molecule has 0 unspecified atom stereocenters. The standard InChI is InChI=1S/C19H14ClN3OS/c1-24-15-8-6-13(7-9-15)18-12-25-19(23-18)14(10-21)11-22-17-5-3-2-4-16(17)20/h2-9,11-12,22H,1H3/b14-11-. The maximum Gasteiger partial charge on any atom is 0.136 e. The average molecular weight is 368 g/mol. The topological polar surface area (TPSA) is 57.9 Å². The highest BCUT2D eigenvalue weighted by Crippen LogP contribution is 2.28. The summed E-state index contributed by atoms with van der Waals surface area (Å²) < 4.78 is 5.16. The second-order valence-corrected chi connectivity index (χ2v) is 6.33. The van der Waals surface area contributed by atoms with Crippen LogP contribution in [-0.2, 0) is 0 Å². The van der Waals surface area contributed by atoms with Crippen LogP contribution in [0, 0.1) is 11.3 Å². The molecule has 0 atom stereocenters. The number of hydrogen-bond donors (Lipinski definition) is 1. The fourth-order valence-electron chi connectivity index (χ4n) is 2.16. The van der Waals surface area contributed by atoms with Crippen molar-refractivity contribution in [2.75, 3.05) is 12.4 Å². The molecule has 1 heterocycles. The summed E-state index contributed by atoms with van der Waals surface area (Å²) in [5.41, 5.74) is 2.98. The number of allylic oxidation sites excluding steroid dienone is 1. The molecule has 3 aromatic rings. The van der Waals surface area contributed by atoms with Crippen molar-refractivity contribution >= 4 is 34.2 Å². The number of halogens is 1. The van der Waals surface area contributed by atoms with E-state index in [1.54, 1.807) is 19.4 Å². The van der Waals surface area contributed by atoms with E-state index in [9.17, 15) is 5.26 Å². The number of ether oxygens (including phenoxy) is 1. The smallest absolute Gasteiger partial charge is 0.136 e. The number of methoxy groups -OCH3 is 1. The van der Waals surface area contributed by atoms with Gasteiger partial charge >= 0.3 is 0 Å². The quantitative estimate of drug-likeness (QED) is 0.609. The maximum atomic E-state index is 9.43. The highest BCUT2D eigenvalue weighted by atomic mass is 35.5. The van der Waals surface area contributed by atoms with Crippen molar-refractivity contribution in [2.45, 2.75) is 0 Å².